The third-order valence-electron chi connectivity index (χ3n) is 5.19. The molecule has 1 unspecified atom stereocenters. The van der Waals surface area contributed by atoms with E-state index >= 15 is 0 Å². The minimum absolute atomic E-state index is 0.215. The van der Waals surface area contributed by atoms with Crippen molar-refractivity contribution in [3.8, 4) is 0 Å². The summed E-state index contributed by atoms with van der Waals surface area (Å²) in [6, 6.07) is 34.3. The molecule has 136 valence electrons. The smallest absolute Gasteiger partial charge is 0.333 e. The van der Waals surface area contributed by atoms with Gasteiger partial charge in [0.15, 0.2) is 10.2 Å². The topological polar surface area (TPSA) is 26.3 Å². The summed E-state index contributed by atoms with van der Waals surface area (Å²) in [5.74, 6) is -0.215. The van der Waals surface area contributed by atoms with Crippen LogP contribution in [0, 0.1) is 0 Å². The fourth-order valence-corrected chi connectivity index (χ4v) is 5.22. The molecule has 1 aliphatic heterocycles. The van der Waals surface area contributed by atoms with Gasteiger partial charge in [0.25, 0.3) is 0 Å². The first-order valence-corrected chi connectivity index (χ1v) is 10.1. The zero-order chi connectivity index (χ0) is 19.0. The number of hydrogen-bond acceptors (Lipinski definition) is 3. The Balaban J connectivity index is 1.62. The first-order chi connectivity index (χ1) is 13.8. The quantitative estimate of drug-likeness (QED) is 0.402. The standard InChI is InChI=1S/C25H18O2S/c26-24-25(21-11-3-1-4-12-21,22-13-5-2-6-14-22)28-23(27-24)20-16-15-18-9-7-8-10-19(18)17-20/h1-17,23H. The number of hydrogen-bond donors (Lipinski definition) is 0. The van der Waals surface area contributed by atoms with Crippen molar-refractivity contribution in [2.45, 2.75) is 10.2 Å². The van der Waals surface area contributed by atoms with Crippen LogP contribution in [0.5, 0.6) is 0 Å². The van der Waals surface area contributed by atoms with Gasteiger partial charge in [0.05, 0.1) is 0 Å². The van der Waals surface area contributed by atoms with E-state index in [1.54, 1.807) is 11.8 Å². The predicted molar refractivity (Wildman–Crippen MR) is 114 cm³/mol. The zero-order valence-corrected chi connectivity index (χ0v) is 15.9. The molecule has 2 nitrogen and oxygen atoms in total. The highest BCUT2D eigenvalue weighted by Gasteiger charge is 2.53. The summed E-state index contributed by atoms with van der Waals surface area (Å²) in [6.07, 6.45) is 0. The van der Waals surface area contributed by atoms with Crippen molar-refractivity contribution in [2.24, 2.45) is 0 Å². The van der Waals surface area contributed by atoms with Gasteiger partial charge >= 0.3 is 5.97 Å². The SMILES string of the molecule is O=C1OC(c2ccc3ccccc3c2)SC1(c1ccccc1)c1ccccc1. The molecular formula is C25H18O2S. The van der Waals surface area contributed by atoms with Gasteiger partial charge in [0, 0.05) is 5.56 Å². The molecule has 1 fully saturated rings. The van der Waals surface area contributed by atoms with Crippen LogP contribution in [0.2, 0.25) is 0 Å². The molecule has 3 heteroatoms. The van der Waals surface area contributed by atoms with E-state index in [9.17, 15) is 4.79 Å². The summed E-state index contributed by atoms with van der Waals surface area (Å²) >= 11 is 1.56. The van der Waals surface area contributed by atoms with Crippen molar-refractivity contribution >= 4 is 28.5 Å². The Morgan fingerprint density at radius 2 is 1.25 bits per heavy atom. The van der Waals surface area contributed by atoms with Gasteiger partial charge in [-0.3, -0.25) is 0 Å². The Morgan fingerprint density at radius 1 is 0.679 bits per heavy atom. The van der Waals surface area contributed by atoms with E-state index in [1.807, 2.05) is 72.8 Å². The van der Waals surface area contributed by atoms with E-state index in [0.29, 0.717) is 0 Å². The Morgan fingerprint density at radius 3 is 1.89 bits per heavy atom. The van der Waals surface area contributed by atoms with Gasteiger partial charge in [-0.25, -0.2) is 4.79 Å². The number of carbonyl (C=O) groups is 1. The highest BCUT2D eigenvalue weighted by Crippen LogP contribution is 2.56. The van der Waals surface area contributed by atoms with Crippen molar-refractivity contribution < 1.29 is 9.53 Å². The maximum absolute atomic E-state index is 13.3. The van der Waals surface area contributed by atoms with Gasteiger partial charge in [-0.1, -0.05) is 109 Å². The van der Waals surface area contributed by atoms with E-state index < -0.39 is 4.75 Å². The molecule has 4 aromatic rings. The molecule has 0 bridgehead atoms. The van der Waals surface area contributed by atoms with Crippen LogP contribution in [0.1, 0.15) is 22.1 Å². The van der Waals surface area contributed by atoms with Crippen LogP contribution in [0.4, 0.5) is 0 Å². The Labute approximate surface area is 168 Å². The first kappa shape index (κ1) is 17.1. The summed E-state index contributed by atoms with van der Waals surface area (Å²) in [4.78, 5) is 13.3. The number of carbonyl (C=O) groups excluding carboxylic acids is 1. The Hall–Kier alpha value is -3.04. The summed E-state index contributed by atoms with van der Waals surface area (Å²) in [6.45, 7) is 0. The molecule has 1 heterocycles. The van der Waals surface area contributed by atoms with E-state index in [2.05, 4.69) is 30.3 Å². The van der Waals surface area contributed by atoms with E-state index in [1.165, 1.54) is 5.39 Å². The maximum Gasteiger partial charge on any atom is 0.333 e. The number of benzene rings is 4. The average molecular weight is 382 g/mol. The van der Waals surface area contributed by atoms with Crippen molar-refractivity contribution in [3.63, 3.8) is 0 Å². The molecule has 0 aliphatic carbocycles. The fourth-order valence-electron chi connectivity index (χ4n) is 3.79. The van der Waals surface area contributed by atoms with E-state index in [-0.39, 0.29) is 11.4 Å². The van der Waals surface area contributed by atoms with Gasteiger partial charge in [-0.05, 0) is 28.0 Å². The molecule has 4 aromatic carbocycles. The van der Waals surface area contributed by atoms with Crippen molar-refractivity contribution in [2.75, 3.05) is 0 Å². The van der Waals surface area contributed by atoms with Gasteiger partial charge in [-0.2, -0.15) is 0 Å². The Bertz CT molecular complexity index is 1100. The van der Waals surface area contributed by atoms with Crippen LogP contribution in [0.25, 0.3) is 10.8 Å². The van der Waals surface area contributed by atoms with Crippen LogP contribution in [-0.2, 0) is 14.3 Å². The molecule has 1 aliphatic rings. The van der Waals surface area contributed by atoms with Gasteiger partial charge in [-0.15, -0.1) is 0 Å². The van der Waals surface area contributed by atoms with Gasteiger partial charge in [0.1, 0.15) is 0 Å². The third kappa shape index (κ3) is 2.71. The van der Waals surface area contributed by atoms with Crippen molar-refractivity contribution in [3.05, 3.63) is 120 Å². The summed E-state index contributed by atoms with van der Waals surface area (Å²) in [7, 11) is 0. The van der Waals surface area contributed by atoms with Crippen LogP contribution in [0.15, 0.2) is 103 Å². The zero-order valence-electron chi connectivity index (χ0n) is 15.1. The number of fused-ring (bicyclic) bond motifs is 1. The highest BCUT2D eigenvalue weighted by molar-refractivity contribution is 8.01. The number of esters is 1. The number of ether oxygens (including phenoxy) is 1. The molecule has 5 rings (SSSR count). The first-order valence-electron chi connectivity index (χ1n) is 9.26. The fraction of sp³-hybridized carbons (Fsp3) is 0.0800. The second-order valence-electron chi connectivity index (χ2n) is 6.87. The average Bonchev–Trinajstić information content (AvgIpc) is 3.13. The van der Waals surface area contributed by atoms with Gasteiger partial charge < -0.3 is 4.74 Å². The molecule has 0 aromatic heterocycles. The summed E-state index contributed by atoms with van der Waals surface area (Å²) in [5, 5.41) is 2.33. The summed E-state index contributed by atoms with van der Waals surface area (Å²) < 4.78 is 5.08. The van der Waals surface area contributed by atoms with Crippen molar-refractivity contribution in [1.29, 1.82) is 0 Å². The monoisotopic (exact) mass is 382 g/mol. The molecule has 0 radical (unpaired) electrons. The molecule has 28 heavy (non-hydrogen) atoms. The minimum atomic E-state index is -0.862. The van der Waals surface area contributed by atoms with Crippen molar-refractivity contribution in [1.82, 2.24) is 0 Å². The highest BCUT2D eigenvalue weighted by atomic mass is 32.2. The maximum atomic E-state index is 13.3. The molecule has 0 spiro atoms. The largest absolute Gasteiger partial charge is 0.445 e. The lowest BCUT2D eigenvalue weighted by Gasteiger charge is -2.25. The van der Waals surface area contributed by atoms with E-state index in [0.717, 1.165) is 22.1 Å². The molecular weight excluding hydrogens is 364 g/mol. The predicted octanol–water partition coefficient (Wildman–Crippen LogP) is 6.07. The number of cyclic esters (lactones) is 1. The van der Waals surface area contributed by atoms with Crippen LogP contribution < -0.4 is 0 Å². The Kier molecular flexibility index (Phi) is 4.18. The second-order valence-corrected chi connectivity index (χ2v) is 8.15. The molecule has 0 saturated carbocycles. The van der Waals surface area contributed by atoms with Crippen LogP contribution in [-0.4, -0.2) is 5.97 Å². The molecule has 0 amide bonds. The minimum Gasteiger partial charge on any atom is -0.445 e. The van der Waals surface area contributed by atoms with Gasteiger partial charge in [0.2, 0.25) is 0 Å². The van der Waals surface area contributed by atoms with Crippen LogP contribution >= 0.6 is 11.8 Å². The van der Waals surface area contributed by atoms with Crippen LogP contribution in [0.3, 0.4) is 0 Å². The lowest BCUT2D eigenvalue weighted by atomic mass is 9.90. The normalized spacial score (nSPS) is 18.1. The van der Waals surface area contributed by atoms with E-state index in [4.69, 9.17) is 4.74 Å². The third-order valence-corrected chi connectivity index (χ3v) is 6.77. The molecule has 0 N–H and O–H groups in total. The summed E-state index contributed by atoms with van der Waals surface area (Å²) in [5.41, 5.74) is 2.54. The molecule has 1 atom stereocenters. The molecule has 1 saturated heterocycles. The number of rotatable bonds is 3. The lowest BCUT2D eigenvalue weighted by molar-refractivity contribution is -0.144. The lowest BCUT2D eigenvalue weighted by Crippen LogP contribution is -2.30. The number of thioether (sulfide) groups is 1. The second kappa shape index (κ2) is 6.84.